The van der Waals surface area contributed by atoms with Gasteiger partial charge in [-0.2, -0.15) is 0 Å². The molecular weight excluding hydrogens is 554 g/mol. The molecule has 3 N–H and O–H groups in total. The highest BCUT2D eigenvalue weighted by molar-refractivity contribution is 6.23. The van der Waals surface area contributed by atoms with E-state index in [9.17, 15) is 19.5 Å². The number of carbonyl (C=O) groups excluding carboxylic acids is 2. The van der Waals surface area contributed by atoms with Gasteiger partial charge >= 0.3 is 0 Å². The Balaban J connectivity index is 1.08. The van der Waals surface area contributed by atoms with Crippen molar-refractivity contribution in [2.45, 2.75) is 37.8 Å². The first-order chi connectivity index (χ1) is 20.9. The Morgan fingerprint density at radius 3 is 2.63 bits per heavy atom. The molecule has 0 unspecified atom stereocenters. The van der Waals surface area contributed by atoms with Gasteiger partial charge in [-0.1, -0.05) is 0 Å². The molecule has 4 aromatic rings. The molecule has 12 heteroatoms. The number of pyridine rings is 1. The number of imide groups is 1. The first kappa shape index (κ1) is 27.2. The van der Waals surface area contributed by atoms with Crippen LogP contribution in [-0.4, -0.2) is 87.4 Å². The second-order valence-electron chi connectivity index (χ2n) is 11.2. The fourth-order valence-electron chi connectivity index (χ4n) is 6.02. The minimum absolute atomic E-state index is 0.0605. The third kappa shape index (κ3) is 5.02. The fourth-order valence-corrected chi connectivity index (χ4v) is 6.02. The maximum atomic E-state index is 13.3. The first-order valence-corrected chi connectivity index (χ1v) is 14.4. The first-order valence-electron chi connectivity index (χ1n) is 14.4. The van der Waals surface area contributed by atoms with Crippen LogP contribution in [0.25, 0.3) is 22.4 Å². The number of fused-ring (bicyclic) bond motifs is 3. The van der Waals surface area contributed by atoms with Crippen LogP contribution in [0.15, 0.2) is 47.4 Å². The van der Waals surface area contributed by atoms with Gasteiger partial charge in [0.1, 0.15) is 18.2 Å². The van der Waals surface area contributed by atoms with Crippen LogP contribution in [0.4, 0.5) is 0 Å². The van der Waals surface area contributed by atoms with Crippen LogP contribution in [0.1, 0.15) is 45.5 Å². The Hall–Kier alpha value is -4.68. The van der Waals surface area contributed by atoms with Gasteiger partial charge in [0.05, 0.1) is 33.8 Å². The van der Waals surface area contributed by atoms with E-state index >= 15 is 0 Å². The number of nitrogens with zero attached hydrogens (tertiary/aromatic N) is 3. The Morgan fingerprint density at radius 2 is 1.81 bits per heavy atom. The van der Waals surface area contributed by atoms with Crippen molar-refractivity contribution >= 4 is 22.8 Å². The number of hydrogen-bond donors (Lipinski definition) is 3. The SMILES string of the molecule is CN1CCC(N2C(=O)c3cc4nc(-c5c(CC[C@@H](O)COc6ccc7c(c6)OCO7)cc[nH]c5=O)[nH]c4cc3C2=O)CC1. The van der Waals surface area contributed by atoms with E-state index in [2.05, 4.69) is 19.9 Å². The maximum Gasteiger partial charge on any atom is 0.261 e. The van der Waals surface area contributed by atoms with Gasteiger partial charge in [0.15, 0.2) is 11.5 Å². The van der Waals surface area contributed by atoms with Gasteiger partial charge in [-0.15, -0.1) is 0 Å². The molecule has 0 aliphatic carbocycles. The molecule has 222 valence electrons. The number of aryl methyl sites for hydroxylation is 1. The normalized spacial score (nSPS) is 17.6. The van der Waals surface area contributed by atoms with Crippen LogP contribution in [0.3, 0.4) is 0 Å². The second kappa shape index (κ2) is 10.9. The lowest BCUT2D eigenvalue weighted by Gasteiger charge is -2.33. The number of aliphatic hydroxyl groups excluding tert-OH is 1. The van der Waals surface area contributed by atoms with Crippen molar-refractivity contribution in [1.29, 1.82) is 0 Å². The summed E-state index contributed by atoms with van der Waals surface area (Å²) < 4.78 is 16.4. The smallest absolute Gasteiger partial charge is 0.261 e. The number of rotatable bonds is 8. The molecule has 0 spiro atoms. The Kier molecular flexibility index (Phi) is 6.86. The van der Waals surface area contributed by atoms with E-state index in [4.69, 9.17) is 14.2 Å². The van der Waals surface area contributed by atoms with E-state index in [1.165, 1.54) is 4.90 Å². The number of nitrogens with one attached hydrogen (secondary N) is 2. The molecule has 2 aromatic heterocycles. The van der Waals surface area contributed by atoms with Crippen molar-refractivity contribution in [2.24, 2.45) is 0 Å². The molecule has 12 nitrogen and oxygen atoms in total. The highest BCUT2D eigenvalue weighted by Crippen LogP contribution is 2.35. The van der Waals surface area contributed by atoms with E-state index in [-0.39, 0.29) is 36.8 Å². The number of ether oxygens (including phenoxy) is 3. The molecular formula is C31H31N5O7. The zero-order chi connectivity index (χ0) is 29.7. The molecule has 1 fully saturated rings. The zero-order valence-corrected chi connectivity index (χ0v) is 23.6. The van der Waals surface area contributed by atoms with E-state index in [1.807, 2.05) is 7.05 Å². The number of likely N-dealkylation sites (tertiary alicyclic amines) is 1. The maximum absolute atomic E-state index is 13.3. The lowest BCUT2D eigenvalue weighted by Crippen LogP contribution is -2.46. The molecule has 43 heavy (non-hydrogen) atoms. The van der Waals surface area contributed by atoms with Crippen molar-refractivity contribution in [1.82, 2.24) is 24.8 Å². The van der Waals surface area contributed by atoms with Crippen LogP contribution in [0.5, 0.6) is 17.2 Å². The van der Waals surface area contributed by atoms with Gasteiger partial charge in [0.25, 0.3) is 17.4 Å². The van der Waals surface area contributed by atoms with Crippen molar-refractivity contribution in [2.75, 3.05) is 33.5 Å². The highest BCUT2D eigenvalue weighted by atomic mass is 16.7. The van der Waals surface area contributed by atoms with E-state index in [1.54, 1.807) is 42.6 Å². The summed E-state index contributed by atoms with van der Waals surface area (Å²) in [5, 5.41) is 10.6. The van der Waals surface area contributed by atoms with Gasteiger partial charge in [-0.25, -0.2) is 4.98 Å². The number of aromatic nitrogens is 3. The number of benzene rings is 2. The van der Waals surface area contributed by atoms with Gasteiger partial charge in [0, 0.05) is 18.3 Å². The van der Waals surface area contributed by atoms with Crippen molar-refractivity contribution < 1.29 is 28.9 Å². The van der Waals surface area contributed by atoms with Crippen LogP contribution in [0, 0.1) is 0 Å². The standard InChI is InChI=1S/C31H31N5O7/c1-35-10-7-18(8-11-35)36-30(39)21-13-23-24(14-22(21)31(36)40)34-28(33-23)27-17(6-9-32-29(27)38)2-3-19(37)15-41-20-4-5-25-26(12-20)43-16-42-25/h4-6,9,12-14,18-19,37H,2-3,7-8,10-11,15-16H2,1H3,(H,32,38)(H,33,34)/t19-/m1/s1. The third-order valence-electron chi connectivity index (χ3n) is 8.39. The summed E-state index contributed by atoms with van der Waals surface area (Å²) in [5.41, 5.74) is 2.43. The van der Waals surface area contributed by atoms with Crippen LogP contribution >= 0.6 is 0 Å². The molecule has 2 amide bonds. The summed E-state index contributed by atoms with van der Waals surface area (Å²) in [6, 6.07) is 10.2. The van der Waals surface area contributed by atoms with Crippen LogP contribution in [0.2, 0.25) is 0 Å². The summed E-state index contributed by atoms with van der Waals surface area (Å²) in [6.45, 7) is 1.90. The van der Waals surface area contributed by atoms with E-state index in [0.29, 0.717) is 69.2 Å². The lowest BCUT2D eigenvalue weighted by atomic mass is 10.0. The van der Waals surface area contributed by atoms with Gasteiger partial charge in [0.2, 0.25) is 6.79 Å². The van der Waals surface area contributed by atoms with Gasteiger partial charge in [-0.05, 0) is 81.7 Å². The van der Waals surface area contributed by atoms with Crippen molar-refractivity contribution in [3.63, 3.8) is 0 Å². The summed E-state index contributed by atoms with van der Waals surface area (Å²) in [5.74, 6) is 1.55. The number of hydrogen-bond acceptors (Lipinski definition) is 9. The van der Waals surface area contributed by atoms with Gasteiger partial charge in [-0.3, -0.25) is 19.3 Å². The van der Waals surface area contributed by atoms with E-state index in [0.717, 1.165) is 25.9 Å². The summed E-state index contributed by atoms with van der Waals surface area (Å²) >= 11 is 0. The largest absolute Gasteiger partial charge is 0.491 e. The average molecular weight is 586 g/mol. The summed E-state index contributed by atoms with van der Waals surface area (Å²) in [6.07, 6.45) is 3.00. The molecule has 3 aliphatic rings. The monoisotopic (exact) mass is 585 g/mol. The highest BCUT2D eigenvalue weighted by Gasteiger charge is 2.41. The molecule has 0 radical (unpaired) electrons. The van der Waals surface area contributed by atoms with E-state index < -0.39 is 6.10 Å². The molecule has 5 heterocycles. The molecule has 2 aromatic carbocycles. The Morgan fingerprint density at radius 1 is 1.05 bits per heavy atom. The number of imidazole rings is 1. The van der Waals surface area contributed by atoms with Crippen LogP contribution in [-0.2, 0) is 6.42 Å². The Labute approximate surface area is 246 Å². The molecule has 7 rings (SSSR count). The van der Waals surface area contributed by atoms with Crippen LogP contribution < -0.4 is 19.8 Å². The lowest BCUT2D eigenvalue weighted by molar-refractivity contribution is 0.0516. The van der Waals surface area contributed by atoms with Crippen molar-refractivity contribution in [3.05, 3.63) is 69.6 Å². The number of H-pyrrole nitrogens is 2. The Bertz CT molecular complexity index is 1740. The predicted octanol–water partition coefficient (Wildman–Crippen LogP) is 2.71. The molecule has 3 aliphatic heterocycles. The molecule has 1 saturated heterocycles. The number of aromatic amines is 2. The number of aliphatic hydroxyl groups is 1. The number of carbonyl (C=O) groups is 2. The second-order valence-corrected chi connectivity index (χ2v) is 11.2. The molecule has 0 bridgehead atoms. The number of piperidine rings is 1. The summed E-state index contributed by atoms with van der Waals surface area (Å²) in [4.78, 5) is 53.7. The summed E-state index contributed by atoms with van der Waals surface area (Å²) in [7, 11) is 2.03. The molecule has 1 atom stereocenters. The topological polar surface area (TPSA) is 150 Å². The predicted molar refractivity (Wildman–Crippen MR) is 156 cm³/mol. The zero-order valence-electron chi connectivity index (χ0n) is 23.6. The fraction of sp³-hybridized carbons (Fsp3) is 0.355. The third-order valence-corrected chi connectivity index (χ3v) is 8.39. The molecule has 0 saturated carbocycles. The average Bonchev–Trinajstić information content (AvgIpc) is 3.70. The minimum Gasteiger partial charge on any atom is -0.491 e. The van der Waals surface area contributed by atoms with Crippen molar-refractivity contribution in [3.8, 4) is 28.6 Å². The van der Waals surface area contributed by atoms with Gasteiger partial charge < -0.3 is 34.2 Å². The minimum atomic E-state index is -0.791. The quantitative estimate of drug-likeness (QED) is 0.265. The number of amides is 2.